The summed E-state index contributed by atoms with van der Waals surface area (Å²) in [6, 6.07) is 8.62. The predicted molar refractivity (Wildman–Crippen MR) is 114 cm³/mol. The summed E-state index contributed by atoms with van der Waals surface area (Å²) in [5.74, 6) is -0.523. The van der Waals surface area contributed by atoms with E-state index in [0.29, 0.717) is 16.0 Å². The number of aryl methyl sites for hydroxylation is 2. The van der Waals surface area contributed by atoms with Crippen LogP contribution in [-0.4, -0.2) is 15.7 Å². The summed E-state index contributed by atoms with van der Waals surface area (Å²) >= 11 is 3.77. The van der Waals surface area contributed by atoms with Gasteiger partial charge in [0.1, 0.15) is 12.4 Å². The molecule has 10 heteroatoms. The van der Waals surface area contributed by atoms with Gasteiger partial charge in [-0.05, 0) is 53.0 Å². The molecule has 0 radical (unpaired) electrons. The summed E-state index contributed by atoms with van der Waals surface area (Å²) in [5, 5.41) is 0.286. The van der Waals surface area contributed by atoms with E-state index in [-0.39, 0.29) is 27.8 Å². The Morgan fingerprint density at radius 2 is 1.97 bits per heavy atom. The maximum atomic E-state index is 14.3. The second-order valence-corrected chi connectivity index (χ2v) is 9.46. The van der Waals surface area contributed by atoms with E-state index >= 15 is 0 Å². The van der Waals surface area contributed by atoms with Crippen molar-refractivity contribution in [3.8, 4) is 5.75 Å². The van der Waals surface area contributed by atoms with E-state index in [1.54, 1.807) is 0 Å². The molecular formula is C19H17BrF2NO4PS. The van der Waals surface area contributed by atoms with E-state index in [9.17, 15) is 13.6 Å². The molecule has 3 rings (SSSR count). The van der Waals surface area contributed by atoms with Gasteiger partial charge in [-0.2, -0.15) is 8.78 Å². The molecule has 0 bridgehead atoms. The van der Waals surface area contributed by atoms with E-state index in [4.69, 9.17) is 20.3 Å². The molecule has 1 amide bonds. The van der Waals surface area contributed by atoms with Crippen molar-refractivity contribution in [1.29, 1.82) is 0 Å². The maximum absolute atomic E-state index is 14.3. The van der Waals surface area contributed by atoms with Crippen LogP contribution in [0.4, 0.5) is 8.78 Å². The minimum absolute atomic E-state index is 0.0300. The van der Waals surface area contributed by atoms with E-state index in [0.717, 1.165) is 16.7 Å². The number of thiophene rings is 1. The highest BCUT2D eigenvalue weighted by Gasteiger charge is 2.45. The third-order valence-electron chi connectivity index (χ3n) is 4.38. The molecule has 3 aromatic rings. The number of rotatable bonds is 6. The Labute approximate surface area is 179 Å². The van der Waals surface area contributed by atoms with Crippen molar-refractivity contribution in [3.05, 3.63) is 61.9 Å². The lowest BCUT2D eigenvalue weighted by Crippen LogP contribution is -2.11. The number of carbonyl (C=O) groups is 1. The fourth-order valence-corrected chi connectivity index (χ4v) is 5.62. The predicted octanol–water partition coefficient (Wildman–Crippen LogP) is 5.30. The summed E-state index contributed by atoms with van der Waals surface area (Å²) in [7, 11) is -3.54. The fourth-order valence-electron chi connectivity index (χ4n) is 2.84. The van der Waals surface area contributed by atoms with Crippen LogP contribution in [0.25, 0.3) is 10.1 Å². The Morgan fingerprint density at radius 1 is 1.28 bits per heavy atom. The standard InChI is InChI=1S/C19H17BrF2NO4PS/c1-9-3-4-11(10(2)5-9)8-27-14-7-12(18(23)24)6-13-15(20)17(29-16(13)14)19(21,22)28(25)26/h3-7,25-26H,8H2,1-2H3,(H2,23,24). The fraction of sp³-hybridized carbons (Fsp3) is 0.211. The number of carbonyl (C=O) groups excluding carboxylic acids is 1. The third-order valence-corrected chi connectivity index (χ3v) is 7.64. The van der Waals surface area contributed by atoms with Crippen LogP contribution in [0.3, 0.4) is 0 Å². The van der Waals surface area contributed by atoms with Gasteiger partial charge in [0, 0.05) is 15.4 Å². The Balaban J connectivity index is 2.10. The summed E-state index contributed by atoms with van der Waals surface area (Å²) in [5.41, 5.74) is 4.66. The van der Waals surface area contributed by atoms with E-state index in [1.165, 1.54) is 12.1 Å². The summed E-state index contributed by atoms with van der Waals surface area (Å²) in [6.07, 6.45) is 0. The molecule has 0 saturated carbocycles. The Kier molecular flexibility index (Phi) is 6.27. The molecular weight excluding hydrogens is 487 g/mol. The smallest absolute Gasteiger partial charge is 0.349 e. The van der Waals surface area contributed by atoms with Gasteiger partial charge in [-0.15, -0.1) is 11.3 Å². The zero-order valence-electron chi connectivity index (χ0n) is 15.4. The quantitative estimate of drug-likeness (QED) is 0.397. The number of nitrogens with two attached hydrogens (primary N) is 1. The van der Waals surface area contributed by atoms with Crippen molar-refractivity contribution in [2.75, 3.05) is 0 Å². The minimum atomic E-state index is -3.84. The maximum Gasteiger partial charge on any atom is 0.349 e. The molecule has 2 aromatic carbocycles. The summed E-state index contributed by atoms with van der Waals surface area (Å²) in [4.78, 5) is 29.5. The van der Waals surface area contributed by atoms with Crippen LogP contribution >= 0.6 is 35.6 Å². The highest BCUT2D eigenvalue weighted by Crippen LogP contribution is 2.58. The van der Waals surface area contributed by atoms with Gasteiger partial charge in [-0.1, -0.05) is 23.8 Å². The van der Waals surface area contributed by atoms with Crippen LogP contribution < -0.4 is 10.5 Å². The molecule has 4 N–H and O–H groups in total. The molecule has 5 nitrogen and oxygen atoms in total. The first-order chi connectivity index (χ1) is 13.5. The lowest BCUT2D eigenvalue weighted by Gasteiger charge is -2.15. The molecule has 29 heavy (non-hydrogen) atoms. The number of fused-ring (bicyclic) bond motifs is 1. The molecule has 0 saturated heterocycles. The average Bonchev–Trinajstić information content (AvgIpc) is 2.98. The first-order valence-corrected chi connectivity index (χ1v) is 11.2. The Bertz CT molecular complexity index is 1100. The number of hydrogen-bond donors (Lipinski definition) is 3. The molecule has 0 aliphatic carbocycles. The van der Waals surface area contributed by atoms with Crippen LogP contribution in [0.15, 0.2) is 34.8 Å². The number of amides is 1. The van der Waals surface area contributed by atoms with Crippen molar-refractivity contribution >= 4 is 51.6 Å². The number of alkyl halides is 2. The number of ether oxygens (including phenoxy) is 1. The van der Waals surface area contributed by atoms with Crippen LogP contribution in [0.2, 0.25) is 0 Å². The van der Waals surface area contributed by atoms with Gasteiger partial charge in [-0.25, -0.2) is 0 Å². The topological polar surface area (TPSA) is 92.8 Å². The Morgan fingerprint density at radius 3 is 2.55 bits per heavy atom. The number of hydrogen-bond acceptors (Lipinski definition) is 5. The molecule has 0 atom stereocenters. The lowest BCUT2D eigenvalue weighted by atomic mass is 10.1. The van der Waals surface area contributed by atoms with E-state index < -0.39 is 24.8 Å². The van der Waals surface area contributed by atoms with Crippen LogP contribution in [0.5, 0.6) is 5.75 Å². The lowest BCUT2D eigenvalue weighted by molar-refractivity contribution is 0.0766. The van der Waals surface area contributed by atoms with E-state index in [1.807, 2.05) is 32.0 Å². The number of benzene rings is 2. The van der Waals surface area contributed by atoms with Gasteiger partial charge in [0.2, 0.25) is 14.3 Å². The molecule has 0 unspecified atom stereocenters. The minimum Gasteiger partial charge on any atom is -0.487 e. The summed E-state index contributed by atoms with van der Waals surface area (Å²) < 4.78 is 34.8. The molecule has 0 aliphatic heterocycles. The molecule has 0 spiro atoms. The zero-order chi connectivity index (χ0) is 21.5. The van der Waals surface area contributed by atoms with Crippen molar-refractivity contribution in [3.63, 3.8) is 0 Å². The van der Waals surface area contributed by atoms with Gasteiger partial charge in [0.15, 0.2) is 0 Å². The monoisotopic (exact) mass is 503 g/mol. The van der Waals surface area contributed by atoms with Crippen molar-refractivity contribution in [2.45, 2.75) is 26.1 Å². The largest absolute Gasteiger partial charge is 0.487 e. The first-order valence-electron chi connectivity index (χ1n) is 8.33. The van der Waals surface area contributed by atoms with Crippen LogP contribution in [0, 0.1) is 13.8 Å². The van der Waals surface area contributed by atoms with Gasteiger partial charge < -0.3 is 20.3 Å². The van der Waals surface area contributed by atoms with Crippen molar-refractivity contribution in [1.82, 2.24) is 0 Å². The van der Waals surface area contributed by atoms with Crippen molar-refractivity contribution in [2.24, 2.45) is 5.73 Å². The van der Waals surface area contributed by atoms with Gasteiger partial charge in [0.25, 0.3) is 0 Å². The van der Waals surface area contributed by atoms with Gasteiger partial charge >= 0.3 is 5.66 Å². The summed E-state index contributed by atoms with van der Waals surface area (Å²) in [6.45, 7) is 4.07. The highest BCUT2D eigenvalue weighted by atomic mass is 79.9. The first kappa shape index (κ1) is 22.1. The van der Waals surface area contributed by atoms with Crippen molar-refractivity contribution < 1.29 is 28.1 Å². The zero-order valence-corrected chi connectivity index (χ0v) is 18.7. The molecule has 0 fully saturated rings. The van der Waals surface area contributed by atoms with Gasteiger partial charge in [0.05, 0.1) is 9.58 Å². The molecule has 1 aromatic heterocycles. The average molecular weight is 504 g/mol. The second kappa shape index (κ2) is 8.24. The van der Waals surface area contributed by atoms with E-state index in [2.05, 4.69) is 15.9 Å². The Hall–Kier alpha value is -1.64. The molecule has 154 valence electrons. The number of halogens is 3. The third kappa shape index (κ3) is 4.29. The van der Waals surface area contributed by atoms with Crippen LogP contribution in [0.1, 0.15) is 31.9 Å². The molecule has 1 heterocycles. The molecule has 0 aliphatic rings. The highest BCUT2D eigenvalue weighted by molar-refractivity contribution is 9.10. The number of primary amides is 1. The van der Waals surface area contributed by atoms with Gasteiger partial charge in [-0.3, -0.25) is 4.79 Å². The SMILES string of the molecule is Cc1ccc(COc2cc(C(N)=O)cc3c(Br)c(C(F)(F)P(O)O)sc23)c(C)c1. The normalized spacial score (nSPS) is 12.0. The van der Waals surface area contributed by atoms with Crippen LogP contribution in [-0.2, 0) is 12.3 Å². The second-order valence-electron chi connectivity index (χ2n) is 6.51.